The van der Waals surface area contributed by atoms with E-state index < -0.39 is 5.82 Å². The number of carbonyl (C=O) groups excluding carboxylic acids is 1. The highest BCUT2D eigenvalue weighted by Crippen LogP contribution is 2.30. The molecule has 0 bridgehead atoms. The highest BCUT2D eigenvalue weighted by molar-refractivity contribution is 9.10. The number of rotatable bonds is 4. The van der Waals surface area contributed by atoms with Crippen LogP contribution < -0.4 is 0 Å². The summed E-state index contributed by atoms with van der Waals surface area (Å²) in [7, 11) is 0. The topological polar surface area (TPSA) is 33.2 Å². The first-order valence-corrected chi connectivity index (χ1v) is 7.60. The van der Waals surface area contributed by atoms with Crippen LogP contribution in [0.3, 0.4) is 0 Å². The molecule has 0 radical (unpaired) electrons. The predicted molar refractivity (Wildman–Crippen MR) is 81.2 cm³/mol. The average Bonchev–Trinajstić information content (AvgIpc) is 3.33. The number of nitrogens with zero attached hydrogens (tertiary/aromatic N) is 2. The van der Waals surface area contributed by atoms with Crippen LogP contribution >= 0.6 is 15.9 Å². The quantitative estimate of drug-likeness (QED) is 0.842. The van der Waals surface area contributed by atoms with Crippen LogP contribution in [0.2, 0.25) is 0 Å². The van der Waals surface area contributed by atoms with E-state index in [0.29, 0.717) is 16.6 Å². The molecule has 1 aliphatic carbocycles. The van der Waals surface area contributed by atoms with E-state index in [4.69, 9.17) is 0 Å². The molecule has 21 heavy (non-hydrogen) atoms. The molecule has 1 heterocycles. The van der Waals surface area contributed by atoms with Crippen LogP contribution in [0.25, 0.3) is 0 Å². The number of hydrogen-bond donors (Lipinski definition) is 0. The summed E-state index contributed by atoms with van der Waals surface area (Å²) in [5, 5.41) is 0. The monoisotopic (exact) mass is 348 g/mol. The van der Waals surface area contributed by atoms with E-state index in [2.05, 4.69) is 20.9 Å². The highest BCUT2D eigenvalue weighted by atomic mass is 79.9. The van der Waals surface area contributed by atoms with Crippen LogP contribution in [0.15, 0.2) is 47.1 Å². The molecule has 2 aromatic rings. The first-order chi connectivity index (χ1) is 10.1. The van der Waals surface area contributed by atoms with Gasteiger partial charge in [0, 0.05) is 17.8 Å². The van der Waals surface area contributed by atoms with Gasteiger partial charge in [0.25, 0.3) is 5.91 Å². The third-order valence-corrected chi connectivity index (χ3v) is 4.12. The number of aromatic nitrogens is 1. The zero-order valence-electron chi connectivity index (χ0n) is 11.3. The Morgan fingerprint density at radius 1 is 1.33 bits per heavy atom. The van der Waals surface area contributed by atoms with Crippen molar-refractivity contribution in [1.82, 2.24) is 9.88 Å². The van der Waals surface area contributed by atoms with Gasteiger partial charge in [-0.25, -0.2) is 4.39 Å². The molecule has 0 aliphatic heterocycles. The van der Waals surface area contributed by atoms with Crippen LogP contribution in [-0.2, 0) is 6.54 Å². The van der Waals surface area contributed by atoms with Gasteiger partial charge >= 0.3 is 0 Å². The van der Waals surface area contributed by atoms with E-state index in [9.17, 15) is 9.18 Å². The standard InChI is InChI=1S/C16H14BrFN2O/c17-14-7-4-11(9-15(14)18)16(21)20(13-5-6-13)10-12-3-1-2-8-19-12/h1-4,7-9,13H,5-6,10H2. The second-order valence-corrected chi connectivity index (χ2v) is 5.97. The molecule has 3 nitrogen and oxygen atoms in total. The van der Waals surface area contributed by atoms with Gasteiger partial charge in [-0.05, 0) is 59.1 Å². The maximum absolute atomic E-state index is 13.6. The second kappa shape index (κ2) is 5.93. The SMILES string of the molecule is O=C(c1ccc(Br)c(F)c1)N(Cc1ccccn1)C1CC1. The van der Waals surface area contributed by atoms with Crippen LogP contribution in [0, 0.1) is 5.82 Å². The molecule has 1 saturated carbocycles. The van der Waals surface area contributed by atoms with Gasteiger partial charge in [0.05, 0.1) is 16.7 Å². The number of pyridine rings is 1. The maximum atomic E-state index is 13.6. The van der Waals surface area contributed by atoms with E-state index in [1.165, 1.54) is 6.07 Å². The first-order valence-electron chi connectivity index (χ1n) is 6.81. The molecule has 0 spiro atoms. The summed E-state index contributed by atoms with van der Waals surface area (Å²) in [5.41, 5.74) is 1.22. The van der Waals surface area contributed by atoms with Crippen molar-refractivity contribution in [3.63, 3.8) is 0 Å². The lowest BCUT2D eigenvalue weighted by atomic mass is 10.2. The van der Waals surface area contributed by atoms with Crippen molar-refractivity contribution in [3.8, 4) is 0 Å². The Morgan fingerprint density at radius 3 is 2.76 bits per heavy atom. The molecule has 0 atom stereocenters. The summed E-state index contributed by atoms with van der Waals surface area (Å²) in [6.45, 7) is 0.460. The van der Waals surface area contributed by atoms with E-state index in [0.717, 1.165) is 18.5 Å². The molecule has 1 aliphatic rings. The van der Waals surface area contributed by atoms with Gasteiger partial charge < -0.3 is 4.90 Å². The fourth-order valence-electron chi connectivity index (χ4n) is 2.21. The molecule has 0 unspecified atom stereocenters. The molecule has 1 fully saturated rings. The molecule has 0 saturated heterocycles. The van der Waals surface area contributed by atoms with E-state index >= 15 is 0 Å². The van der Waals surface area contributed by atoms with Gasteiger partial charge in [0.2, 0.25) is 0 Å². The van der Waals surface area contributed by atoms with Gasteiger partial charge in [-0.1, -0.05) is 6.07 Å². The Morgan fingerprint density at radius 2 is 2.14 bits per heavy atom. The fraction of sp³-hybridized carbons (Fsp3) is 0.250. The Labute approximate surface area is 130 Å². The lowest BCUT2D eigenvalue weighted by Gasteiger charge is -2.22. The highest BCUT2D eigenvalue weighted by Gasteiger charge is 2.33. The third kappa shape index (κ3) is 3.29. The summed E-state index contributed by atoms with van der Waals surface area (Å²) < 4.78 is 14.0. The van der Waals surface area contributed by atoms with Crippen molar-refractivity contribution in [3.05, 3.63) is 64.1 Å². The number of benzene rings is 1. The molecule has 3 rings (SSSR count). The van der Waals surface area contributed by atoms with Gasteiger partial charge in [-0.15, -0.1) is 0 Å². The number of carbonyl (C=O) groups is 1. The minimum Gasteiger partial charge on any atom is -0.330 e. The van der Waals surface area contributed by atoms with Crippen molar-refractivity contribution in [1.29, 1.82) is 0 Å². The van der Waals surface area contributed by atoms with Crippen LogP contribution in [-0.4, -0.2) is 21.8 Å². The van der Waals surface area contributed by atoms with Gasteiger partial charge in [0.1, 0.15) is 5.82 Å². The number of amides is 1. The molecular formula is C16H14BrFN2O. The second-order valence-electron chi connectivity index (χ2n) is 5.11. The van der Waals surface area contributed by atoms with Crippen molar-refractivity contribution in [2.45, 2.75) is 25.4 Å². The Balaban J connectivity index is 1.83. The molecule has 0 N–H and O–H groups in total. The van der Waals surface area contributed by atoms with E-state index in [1.54, 1.807) is 23.2 Å². The summed E-state index contributed by atoms with van der Waals surface area (Å²) in [6, 6.07) is 10.4. The molecular weight excluding hydrogens is 335 g/mol. The predicted octanol–water partition coefficient (Wildman–Crippen LogP) is 3.79. The van der Waals surface area contributed by atoms with Gasteiger partial charge in [0.15, 0.2) is 0 Å². The minimum absolute atomic E-state index is 0.144. The van der Waals surface area contributed by atoms with Crippen LogP contribution in [0.5, 0.6) is 0 Å². The Bertz CT molecular complexity index is 659. The smallest absolute Gasteiger partial charge is 0.254 e. The molecule has 1 aromatic carbocycles. The van der Waals surface area contributed by atoms with Crippen molar-refractivity contribution in [2.24, 2.45) is 0 Å². The number of hydrogen-bond acceptors (Lipinski definition) is 2. The van der Waals surface area contributed by atoms with Crippen molar-refractivity contribution < 1.29 is 9.18 Å². The molecule has 1 amide bonds. The van der Waals surface area contributed by atoms with Crippen molar-refractivity contribution in [2.75, 3.05) is 0 Å². The lowest BCUT2D eigenvalue weighted by molar-refractivity contribution is 0.0727. The van der Waals surface area contributed by atoms with Crippen LogP contribution in [0.4, 0.5) is 4.39 Å². The molecule has 1 aromatic heterocycles. The van der Waals surface area contributed by atoms with Crippen molar-refractivity contribution >= 4 is 21.8 Å². The molecule has 5 heteroatoms. The largest absolute Gasteiger partial charge is 0.330 e. The van der Waals surface area contributed by atoms with Gasteiger partial charge in [-0.3, -0.25) is 9.78 Å². The Kier molecular flexibility index (Phi) is 4.01. The first kappa shape index (κ1) is 14.2. The zero-order chi connectivity index (χ0) is 14.8. The van der Waals surface area contributed by atoms with Gasteiger partial charge in [-0.2, -0.15) is 0 Å². The average molecular weight is 349 g/mol. The van der Waals surface area contributed by atoms with E-state index in [1.807, 2.05) is 18.2 Å². The maximum Gasteiger partial charge on any atom is 0.254 e. The lowest BCUT2D eigenvalue weighted by Crippen LogP contribution is -2.33. The molecule has 108 valence electrons. The van der Waals surface area contributed by atoms with Crippen LogP contribution in [0.1, 0.15) is 28.9 Å². The minimum atomic E-state index is -0.422. The number of halogens is 2. The van der Waals surface area contributed by atoms with E-state index in [-0.39, 0.29) is 11.9 Å². The summed E-state index contributed by atoms with van der Waals surface area (Å²) in [6.07, 6.45) is 3.71. The summed E-state index contributed by atoms with van der Waals surface area (Å²) in [4.78, 5) is 18.7. The fourth-order valence-corrected chi connectivity index (χ4v) is 2.46. The third-order valence-electron chi connectivity index (χ3n) is 3.47. The Hall–Kier alpha value is -1.75. The summed E-state index contributed by atoms with van der Waals surface area (Å²) in [5.74, 6) is -0.566. The normalized spacial score (nSPS) is 14.0. The zero-order valence-corrected chi connectivity index (χ0v) is 12.9. The summed E-state index contributed by atoms with van der Waals surface area (Å²) >= 11 is 3.10.